The Hall–Kier alpha value is -1.21. The van der Waals surface area contributed by atoms with Crippen LogP contribution < -0.4 is 11.1 Å². The van der Waals surface area contributed by atoms with Gasteiger partial charge in [-0.05, 0) is 61.1 Å². The van der Waals surface area contributed by atoms with Gasteiger partial charge in [-0.2, -0.15) is 11.3 Å². The minimum atomic E-state index is -1.06. The SMILES string of the molecule is CN(C)C(CNC(=O)C(C)(N)c1ccc(Br)cc1)c1ccsc1. The van der Waals surface area contributed by atoms with E-state index in [1.807, 2.05) is 43.7 Å². The number of nitrogens with zero attached hydrogens (tertiary/aromatic N) is 1. The van der Waals surface area contributed by atoms with Crippen molar-refractivity contribution in [1.29, 1.82) is 0 Å². The number of nitrogens with one attached hydrogen (secondary N) is 1. The fourth-order valence-electron chi connectivity index (χ4n) is 2.36. The van der Waals surface area contributed by atoms with E-state index in [-0.39, 0.29) is 11.9 Å². The number of nitrogens with two attached hydrogens (primary N) is 1. The first-order valence-corrected chi connectivity index (χ1v) is 9.07. The van der Waals surface area contributed by atoms with Crippen LogP contribution in [0, 0.1) is 0 Å². The van der Waals surface area contributed by atoms with Gasteiger partial charge in [0.2, 0.25) is 5.91 Å². The van der Waals surface area contributed by atoms with Crippen LogP contribution in [0.25, 0.3) is 0 Å². The molecule has 1 aromatic heterocycles. The van der Waals surface area contributed by atoms with Crippen LogP contribution in [0.1, 0.15) is 24.1 Å². The summed E-state index contributed by atoms with van der Waals surface area (Å²) in [6.45, 7) is 2.26. The lowest BCUT2D eigenvalue weighted by Gasteiger charge is -2.28. The molecule has 124 valence electrons. The second-order valence-corrected chi connectivity index (χ2v) is 7.65. The van der Waals surface area contributed by atoms with Crippen molar-refractivity contribution in [3.63, 3.8) is 0 Å². The number of likely N-dealkylation sites (N-methyl/N-ethyl adjacent to an activating group) is 1. The number of halogens is 1. The minimum Gasteiger partial charge on any atom is -0.352 e. The van der Waals surface area contributed by atoms with Gasteiger partial charge in [0.05, 0.1) is 6.04 Å². The summed E-state index contributed by atoms with van der Waals surface area (Å²) in [6, 6.07) is 9.73. The van der Waals surface area contributed by atoms with Crippen molar-refractivity contribution in [2.24, 2.45) is 5.73 Å². The average Bonchev–Trinajstić information content (AvgIpc) is 3.01. The van der Waals surface area contributed by atoms with E-state index in [0.717, 1.165) is 10.0 Å². The van der Waals surface area contributed by atoms with E-state index < -0.39 is 5.54 Å². The fourth-order valence-corrected chi connectivity index (χ4v) is 3.33. The van der Waals surface area contributed by atoms with Gasteiger partial charge in [-0.15, -0.1) is 0 Å². The Morgan fingerprint density at radius 2 is 2.00 bits per heavy atom. The highest BCUT2D eigenvalue weighted by atomic mass is 79.9. The smallest absolute Gasteiger partial charge is 0.244 e. The van der Waals surface area contributed by atoms with E-state index >= 15 is 0 Å². The van der Waals surface area contributed by atoms with Gasteiger partial charge in [0, 0.05) is 11.0 Å². The lowest BCUT2D eigenvalue weighted by atomic mass is 9.92. The quantitative estimate of drug-likeness (QED) is 0.789. The van der Waals surface area contributed by atoms with Crippen molar-refractivity contribution >= 4 is 33.2 Å². The van der Waals surface area contributed by atoms with Crippen molar-refractivity contribution in [1.82, 2.24) is 10.2 Å². The number of hydrogen-bond donors (Lipinski definition) is 2. The molecule has 0 fully saturated rings. The molecule has 0 saturated heterocycles. The van der Waals surface area contributed by atoms with Gasteiger partial charge < -0.3 is 16.0 Å². The normalized spacial score (nSPS) is 15.2. The van der Waals surface area contributed by atoms with E-state index in [0.29, 0.717) is 6.54 Å². The van der Waals surface area contributed by atoms with Gasteiger partial charge in [0.15, 0.2) is 0 Å². The van der Waals surface area contributed by atoms with Crippen molar-refractivity contribution in [3.8, 4) is 0 Å². The van der Waals surface area contributed by atoms with E-state index in [1.165, 1.54) is 5.56 Å². The molecule has 2 atom stereocenters. The molecule has 4 nitrogen and oxygen atoms in total. The topological polar surface area (TPSA) is 58.4 Å². The van der Waals surface area contributed by atoms with Gasteiger partial charge in [-0.3, -0.25) is 4.79 Å². The van der Waals surface area contributed by atoms with Gasteiger partial charge in [-0.1, -0.05) is 28.1 Å². The van der Waals surface area contributed by atoms with Crippen molar-refractivity contribution in [2.45, 2.75) is 18.5 Å². The Bertz CT molecular complexity index is 638. The zero-order valence-corrected chi connectivity index (χ0v) is 15.9. The van der Waals surface area contributed by atoms with Crippen molar-refractivity contribution in [2.75, 3.05) is 20.6 Å². The average molecular weight is 396 g/mol. The molecule has 0 aliphatic carbocycles. The molecule has 0 bridgehead atoms. The Labute approximate surface area is 149 Å². The molecule has 0 saturated carbocycles. The number of hydrogen-bond acceptors (Lipinski definition) is 4. The summed E-state index contributed by atoms with van der Waals surface area (Å²) in [5, 5.41) is 7.14. The van der Waals surface area contributed by atoms with E-state index in [1.54, 1.807) is 18.3 Å². The van der Waals surface area contributed by atoms with Gasteiger partial charge in [0.25, 0.3) is 0 Å². The molecule has 0 spiro atoms. The first-order chi connectivity index (χ1) is 10.8. The van der Waals surface area contributed by atoms with Crippen LogP contribution >= 0.6 is 27.3 Å². The number of rotatable bonds is 6. The molecule has 1 amide bonds. The largest absolute Gasteiger partial charge is 0.352 e. The Morgan fingerprint density at radius 1 is 1.35 bits per heavy atom. The molecule has 0 aliphatic heterocycles. The van der Waals surface area contributed by atoms with Crippen molar-refractivity contribution in [3.05, 3.63) is 56.7 Å². The van der Waals surface area contributed by atoms with Crippen LogP contribution in [-0.2, 0) is 10.3 Å². The fraction of sp³-hybridized carbons (Fsp3) is 0.353. The third-order valence-corrected chi connectivity index (χ3v) is 5.15. The van der Waals surface area contributed by atoms with Crippen LogP contribution in [0.5, 0.6) is 0 Å². The number of carbonyl (C=O) groups is 1. The van der Waals surface area contributed by atoms with E-state index in [2.05, 4.69) is 37.6 Å². The molecule has 1 heterocycles. The number of benzene rings is 1. The molecular weight excluding hydrogens is 374 g/mol. The summed E-state index contributed by atoms with van der Waals surface area (Å²) in [6.07, 6.45) is 0. The Morgan fingerprint density at radius 3 is 2.52 bits per heavy atom. The van der Waals surface area contributed by atoms with E-state index in [9.17, 15) is 4.79 Å². The van der Waals surface area contributed by atoms with E-state index in [4.69, 9.17) is 5.73 Å². The summed E-state index contributed by atoms with van der Waals surface area (Å²) in [5.74, 6) is -0.179. The predicted octanol–water partition coefficient (Wildman–Crippen LogP) is 3.10. The zero-order chi connectivity index (χ0) is 17.0. The maximum atomic E-state index is 12.6. The second-order valence-electron chi connectivity index (χ2n) is 5.96. The highest BCUT2D eigenvalue weighted by Crippen LogP contribution is 2.23. The Kier molecular flexibility index (Phi) is 5.97. The lowest BCUT2D eigenvalue weighted by molar-refractivity contribution is -0.126. The predicted molar refractivity (Wildman–Crippen MR) is 99.4 cm³/mol. The van der Waals surface area contributed by atoms with Crippen molar-refractivity contribution < 1.29 is 4.79 Å². The number of carbonyl (C=O) groups excluding carboxylic acids is 1. The first kappa shape index (κ1) is 18.1. The molecule has 23 heavy (non-hydrogen) atoms. The Balaban J connectivity index is 2.06. The van der Waals surface area contributed by atoms with Crippen LogP contribution in [0.2, 0.25) is 0 Å². The third kappa shape index (κ3) is 4.41. The van der Waals surface area contributed by atoms with Gasteiger partial charge in [0.1, 0.15) is 5.54 Å². The van der Waals surface area contributed by atoms with Gasteiger partial charge in [-0.25, -0.2) is 0 Å². The summed E-state index contributed by atoms with van der Waals surface area (Å²) in [5.41, 5.74) is 7.19. The van der Waals surface area contributed by atoms with Crippen LogP contribution in [0.4, 0.5) is 0 Å². The molecule has 0 aliphatic rings. The summed E-state index contributed by atoms with van der Waals surface area (Å²) < 4.78 is 0.961. The zero-order valence-electron chi connectivity index (χ0n) is 13.5. The minimum absolute atomic E-state index is 0.130. The highest BCUT2D eigenvalue weighted by molar-refractivity contribution is 9.10. The lowest BCUT2D eigenvalue weighted by Crippen LogP contribution is -2.50. The molecule has 1 aromatic carbocycles. The number of thiophene rings is 1. The summed E-state index contributed by atoms with van der Waals surface area (Å²) >= 11 is 5.05. The maximum absolute atomic E-state index is 12.6. The molecule has 6 heteroatoms. The number of amides is 1. The van der Waals surface area contributed by atoms with Crippen LogP contribution in [0.3, 0.4) is 0 Å². The van der Waals surface area contributed by atoms with Gasteiger partial charge >= 0.3 is 0 Å². The van der Waals surface area contributed by atoms with Crippen LogP contribution in [-0.4, -0.2) is 31.4 Å². The molecule has 2 unspecified atom stereocenters. The first-order valence-electron chi connectivity index (χ1n) is 7.34. The summed E-state index contributed by atoms with van der Waals surface area (Å²) in [4.78, 5) is 14.7. The highest BCUT2D eigenvalue weighted by Gasteiger charge is 2.31. The second kappa shape index (κ2) is 7.57. The van der Waals surface area contributed by atoms with Crippen LogP contribution in [0.15, 0.2) is 45.6 Å². The molecule has 3 N–H and O–H groups in total. The monoisotopic (exact) mass is 395 g/mol. The standard InChI is InChI=1S/C17H22BrN3OS/c1-17(19,13-4-6-14(18)7-5-13)16(22)20-10-15(21(2)3)12-8-9-23-11-12/h4-9,11,15H,10,19H2,1-3H3,(H,20,22). The molecular formula is C17H22BrN3OS. The third-order valence-electron chi connectivity index (χ3n) is 3.92. The molecule has 2 aromatic rings. The molecule has 2 rings (SSSR count). The molecule has 0 radical (unpaired) electrons. The maximum Gasteiger partial charge on any atom is 0.244 e. The summed E-state index contributed by atoms with van der Waals surface area (Å²) in [7, 11) is 4.01.